The van der Waals surface area contributed by atoms with Gasteiger partial charge in [-0.3, -0.25) is 0 Å². The minimum atomic E-state index is -4.30. The van der Waals surface area contributed by atoms with Crippen molar-refractivity contribution in [2.24, 2.45) is 0 Å². The van der Waals surface area contributed by atoms with E-state index in [9.17, 15) is 13.2 Å². The normalized spacial score (nSPS) is 26.2. The maximum Gasteiger partial charge on any atom is 0.396 e. The first-order valence-electron chi connectivity index (χ1n) is 5.04. The summed E-state index contributed by atoms with van der Waals surface area (Å²) in [6.07, 6.45) is -3.70. The summed E-state index contributed by atoms with van der Waals surface area (Å²) in [5, 5.41) is 6.49. The Labute approximate surface area is 90.2 Å². The van der Waals surface area contributed by atoms with E-state index < -0.39 is 18.1 Å². The van der Waals surface area contributed by atoms with Crippen LogP contribution < -0.4 is 5.32 Å². The van der Waals surface area contributed by atoms with E-state index in [0.29, 0.717) is 0 Å². The van der Waals surface area contributed by atoms with Crippen molar-refractivity contribution in [1.29, 1.82) is 0 Å². The van der Waals surface area contributed by atoms with Crippen LogP contribution in [0.5, 0.6) is 0 Å². The number of aromatic nitrogens is 2. The molecule has 16 heavy (non-hydrogen) atoms. The highest BCUT2D eigenvalue weighted by atomic mass is 19.4. The van der Waals surface area contributed by atoms with Gasteiger partial charge in [0.1, 0.15) is 6.42 Å². The average molecular weight is 235 g/mol. The maximum atomic E-state index is 12.1. The molecule has 1 aliphatic rings. The molecule has 4 nitrogen and oxygen atoms in total. The van der Waals surface area contributed by atoms with Crippen molar-refractivity contribution < 1.29 is 17.7 Å². The van der Waals surface area contributed by atoms with Gasteiger partial charge in [-0.15, -0.1) is 0 Å². The minimum Gasteiger partial charge on any atom is -0.337 e. The Kier molecular flexibility index (Phi) is 2.65. The lowest BCUT2D eigenvalue weighted by molar-refractivity contribution is -0.128. The van der Waals surface area contributed by atoms with Crippen LogP contribution in [0.25, 0.3) is 0 Å². The van der Waals surface area contributed by atoms with E-state index in [2.05, 4.69) is 15.5 Å². The summed E-state index contributed by atoms with van der Waals surface area (Å²) in [7, 11) is 0. The van der Waals surface area contributed by atoms with E-state index in [4.69, 9.17) is 4.52 Å². The molecule has 0 radical (unpaired) electrons. The monoisotopic (exact) mass is 235 g/mol. The van der Waals surface area contributed by atoms with Crippen molar-refractivity contribution in [3.8, 4) is 0 Å². The molecule has 2 rings (SSSR count). The third kappa shape index (κ3) is 2.34. The zero-order valence-electron chi connectivity index (χ0n) is 8.76. The van der Waals surface area contributed by atoms with Crippen LogP contribution in [0.2, 0.25) is 0 Å². The van der Waals surface area contributed by atoms with Gasteiger partial charge in [-0.05, 0) is 26.3 Å². The highest BCUT2D eigenvalue weighted by molar-refractivity contribution is 5.04. The molecule has 1 aliphatic heterocycles. The van der Waals surface area contributed by atoms with Crippen molar-refractivity contribution in [3.05, 3.63) is 11.7 Å². The van der Waals surface area contributed by atoms with Crippen LogP contribution in [-0.2, 0) is 12.0 Å². The number of hydrogen-bond acceptors (Lipinski definition) is 4. The van der Waals surface area contributed by atoms with Gasteiger partial charge in [-0.25, -0.2) is 0 Å². The lowest BCUT2D eigenvalue weighted by Gasteiger charge is -2.18. The van der Waals surface area contributed by atoms with Gasteiger partial charge in [-0.2, -0.15) is 18.2 Å². The summed E-state index contributed by atoms with van der Waals surface area (Å²) in [4.78, 5) is 3.79. The zero-order chi connectivity index (χ0) is 11.8. The lowest BCUT2D eigenvalue weighted by atomic mass is 10.0. The molecule has 0 amide bonds. The Morgan fingerprint density at radius 1 is 1.50 bits per heavy atom. The average Bonchev–Trinajstić information content (AvgIpc) is 2.72. The molecule has 1 unspecified atom stereocenters. The van der Waals surface area contributed by atoms with Gasteiger partial charge < -0.3 is 9.84 Å². The highest BCUT2D eigenvalue weighted by Gasteiger charge is 2.37. The van der Waals surface area contributed by atoms with Crippen LogP contribution >= 0.6 is 0 Å². The first kappa shape index (κ1) is 11.4. The Balaban J connectivity index is 2.13. The predicted octanol–water partition coefficient (Wildman–Crippen LogP) is 1.77. The number of nitrogens with zero attached hydrogens (tertiary/aromatic N) is 2. The highest BCUT2D eigenvalue weighted by Crippen LogP contribution is 2.29. The number of alkyl halides is 3. The molecular weight excluding hydrogens is 223 g/mol. The van der Waals surface area contributed by atoms with Crippen LogP contribution in [-0.4, -0.2) is 22.9 Å². The van der Waals surface area contributed by atoms with E-state index in [-0.39, 0.29) is 11.7 Å². The van der Waals surface area contributed by atoms with E-state index in [1.165, 1.54) is 0 Å². The number of hydrogen-bond donors (Lipinski definition) is 1. The Bertz CT molecular complexity index is 368. The molecule has 1 saturated heterocycles. The van der Waals surface area contributed by atoms with Gasteiger partial charge in [0, 0.05) is 0 Å². The fourth-order valence-corrected chi connectivity index (χ4v) is 1.81. The summed E-state index contributed by atoms with van der Waals surface area (Å²) in [5.41, 5.74) is -0.475. The van der Waals surface area contributed by atoms with E-state index >= 15 is 0 Å². The second kappa shape index (κ2) is 3.73. The van der Waals surface area contributed by atoms with E-state index in [0.717, 1.165) is 19.4 Å². The molecule has 1 aromatic heterocycles. The van der Waals surface area contributed by atoms with Crippen molar-refractivity contribution in [1.82, 2.24) is 15.5 Å². The van der Waals surface area contributed by atoms with Gasteiger partial charge in [0.25, 0.3) is 0 Å². The fraction of sp³-hybridized carbons (Fsp3) is 0.778. The standard InChI is InChI=1S/C9H12F3N3O/c1-8(3-2-4-13-8)7-14-6(15-16-7)5-9(10,11)12/h13H,2-5H2,1H3. The quantitative estimate of drug-likeness (QED) is 0.848. The molecular formula is C9H12F3N3O. The Hall–Kier alpha value is -1.11. The first-order valence-corrected chi connectivity index (χ1v) is 5.04. The zero-order valence-corrected chi connectivity index (χ0v) is 8.76. The minimum absolute atomic E-state index is 0.240. The summed E-state index contributed by atoms with van der Waals surface area (Å²) in [6, 6.07) is 0. The van der Waals surface area contributed by atoms with Crippen LogP contribution in [0.15, 0.2) is 4.52 Å². The van der Waals surface area contributed by atoms with Gasteiger partial charge in [0.15, 0.2) is 5.82 Å². The molecule has 1 atom stereocenters. The van der Waals surface area contributed by atoms with Gasteiger partial charge >= 0.3 is 6.18 Å². The molecule has 2 heterocycles. The molecule has 1 fully saturated rings. The molecule has 1 aromatic rings. The Morgan fingerprint density at radius 3 is 2.81 bits per heavy atom. The summed E-state index contributed by atoms with van der Waals surface area (Å²) >= 11 is 0. The summed E-state index contributed by atoms with van der Waals surface area (Å²) in [5.74, 6) is -0.0679. The van der Waals surface area contributed by atoms with E-state index in [1.54, 1.807) is 0 Å². The largest absolute Gasteiger partial charge is 0.396 e. The van der Waals surface area contributed by atoms with Crippen molar-refractivity contribution in [3.63, 3.8) is 0 Å². The molecule has 7 heteroatoms. The summed E-state index contributed by atoms with van der Waals surface area (Å²) < 4.78 is 41.1. The Morgan fingerprint density at radius 2 is 2.25 bits per heavy atom. The second-order valence-electron chi connectivity index (χ2n) is 4.17. The number of halogens is 3. The third-order valence-corrected chi connectivity index (χ3v) is 2.67. The molecule has 0 spiro atoms. The lowest BCUT2D eigenvalue weighted by Crippen LogP contribution is -2.33. The summed E-state index contributed by atoms with van der Waals surface area (Å²) in [6.45, 7) is 2.67. The number of rotatable bonds is 2. The fourth-order valence-electron chi connectivity index (χ4n) is 1.81. The van der Waals surface area contributed by atoms with Crippen LogP contribution in [0.1, 0.15) is 31.5 Å². The van der Waals surface area contributed by atoms with Crippen molar-refractivity contribution in [2.45, 2.75) is 37.9 Å². The van der Waals surface area contributed by atoms with E-state index in [1.807, 2.05) is 6.92 Å². The predicted molar refractivity (Wildman–Crippen MR) is 48.6 cm³/mol. The molecule has 0 aromatic carbocycles. The SMILES string of the molecule is CC1(c2nc(CC(F)(F)F)no2)CCCN1. The molecule has 0 saturated carbocycles. The van der Waals surface area contributed by atoms with Crippen molar-refractivity contribution >= 4 is 0 Å². The maximum absolute atomic E-state index is 12.1. The van der Waals surface area contributed by atoms with Crippen LogP contribution in [0.3, 0.4) is 0 Å². The van der Waals surface area contributed by atoms with Crippen molar-refractivity contribution in [2.75, 3.05) is 6.54 Å². The van der Waals surface area contributed by atoms with Crippen LogP contribution in [0, 0.1) is 0 Å². The molecule has 0 aliphatic carbocycles. The van der Waals surface area contributed by atoms with Gasteiger partial charge in [0.2, 0.25) is 5.89 Å². The second-order valence-corrected chi connectivity index (χ2v) is 4.17. The van der Waals surface area contributed by atoms with Gasteiger partial charge in [-0.1, -0.05) is 5.16 Å². The molecule has 1 N–H and O–H groups in total. The number of nitrogens with one attached hydrogen (secondary N) is 1. The third-order valence-electron chi connectivity index (χ3n) is 2.67. The molecule has 90 valence electrons. The van der Waals surface area contributed by atoms with Crippen LogP contribution in [0.4, 0.5) is 13.2 Å². The molecule has 0 bridgehead atoms. The van der Waals surface area contributed by atoms with Gasteiger partial charge in [0.05, 0.1) is 5.54 Å². The first-order chi connectivity index (χ1) is 7.39. The topological polar surface area (TPSA) is 51.0 Å². The smallest absolute Gasteiger partial charge is 0.337 e.